The number of furan rings is 1. The Labute approximate surface area is 123 Å². The lowest BCUT2D eigenvalue weighted by molar-refractivity contribution is 0.256. The number of nitrogens with zero attached hydrogens (tertiary/aromatic N) is 1. The fourth-order valence-electron chi connectivity index (χ4n) is 2.05. The number of para-hydroxylation sites is 1. The summed E-state index contributed by atoms with van der Waals surface area (Å²) in [5, 5.41) is 14.8. The molecule has 0 radical (unpaired) electrons. The number of hydrogen-bond acceptors (Lipinski definition) is 5. The van der Waals surface area contributed by atoms with Crippen molar-refractivity contribution in [2.45, 2.75) is 13.3 Å². The van der Waals surface area contributed by atoms with Gasteiger partial charge in [-0.2, -0.15) is 5.26 Å². The smallest absolute Gasteiger partial charge is 0.246 e. The van der Waals surface area contributed by atoms with Crippen molar-refractivity contribution >= 4 is 21.0 Å². The molecule has 7 heteroatoms. The Balaban J connectivity index is 2.21. The van der Waals surface area contributed by atoms with Gasteiger partial charge in [0.05, 0.1) is 17.7 Å². The molecular formula is C14H16N2O4S. The highest BCUT2D eigenvalue weighted by atomic mass is 32.2. The van der Waals surface area contributed by atoms with E-state index in [0.717, 1.165) is 0 Å². The summed E-state index contributed by atoms with van der Waals surface area (Å²) in [5.74, 6) is 0.0455. The fourth-order valence-corrected chi connectivity index (χ4v) is 3.04. The standard InChI is InChI=1S/C14H16N2O4S/c1-2-10(9-21(16,17)18)8-19-14-11-5-3-4-6-12(11)20-13(14)7-15/h3-6,10H,2,8-9H2,1H3,(H2,16,17,18). The van der Waals surface area contributed by atoms with E-state index < -0.39 is 10.0 Å². The van der Waals surface area contributed by atoms with Gasteiger partial charge in [0.2, 0.25) is 15.8 Å². The van der Waals surface area contributed by atoms with Gasteiger partial charge < -0.3 is 9.15 Å². The Kier molecular flexibility index (Phi) is 4.50. The van der Waals surface area contributed by atoms with E-state index in [2.05, 4.69) is 0 Å². The predicted molar refractivity (Wildman–Crippen MR) is 78.2 cm³/mol. The molecule has 2 aromatic rings. The van der Waals surface area contributed by atoms with Crippen LogP contribution in [0.5, 0.6) is 5.75 Å². The van der Waals surface area contributed by atoms with Gasteiger partial charge in [-0.1, -0.05) is 19.1 Å². The second kappa shape index (κ2) is 6.16. The summed E-state index contributed by atoms with van der Waals surface area (Å²) >= 11 is 0. The number of nitrogens with two attached hydrogens (primary N) is 1. The van der Waals surface area contributed by atoms with Gasteiger partial charge in [0.1, 0.15) is 11.7 Å². The summed E-state index contributed by atoms with van der Waals surface area (Å²) in [6, 6.07) is 9.08. The number of primary sulfonamides is 1. The van der Waals surface area contributed by atoms with Crippen molar-refractivity contribution in [1.29, 1.82) is 5.26 Å². The molecular weight excluding hydrogens is 292 g/mol. The van der Waals surface area contributed by atoms with E-state index in [1.807, 2.05) is 19.1 Å². The van der Waals surface area contributed by atoms with Crippen molar-refractivity contribution in [2.75, 3.05) is 12.4 Å². The quantitative estimate of drug-likeness (QED) is 0.878. The monoisotopic (exact) mass is 308 g/mol. The topological polar surface area (TPSA) is 106 Å². The van der Waals surface area contributed by atoms with E-state index in [1.165, 1.54) is 0 Å². The van der Waals surface area contributed by atoms with Gasteiger partial charge in [-0.05, 0) is 18.6 Å². The molecule has 21 heavy (non-hydrogen) atoms. The zero-order valence-electron chi connectivity index (χ0n) is 11.6. The summed E-state index contributed by atoms with van der Waals surface area (Å²) < 4.78 is 33.3. The zero-order chi connectivity index (χ0) is 15.5. The second-order valence-corrected chi connectivity index (χ2v) is 6.44. The van der Waals surface area contributed by atoms with Gasteiger partial charge >= 0.3 is 0 Å². The summed E-state index contributed by atoms with van der Waals surface area (Å²) in [4.78, 5) is 0. The second-order valence-electron chi connectivity index (χ2n) is 4.78. The molecule has 2 rings (SSSR count). The van der Waals surface area contributed by atoms with Crippen molar-refractivity contribution in [3.63, 3.8) is 0 Å². The van der Waals surface area contributed by atoms with Crippen LogP contribution in [0.25, 0.3) is 11.0 Å². The van der Waals surface area contributed by atoms with Crippen LogP contribution in [0.2, 0.25) is 0 Å². The van der Waals surface area contributed by atoms with E-state index >= 15 is 0 Å². The van der Waals surface area contributed by atoms with Crippen LogP contribution in [0.3, 0.4) is 0 Å². The van der Waals surface area contributed by atoms with Crippen molar-refractivity contribution in [2.24, 2.45) is 11.1 Å². The minimum atomic E-state index is -3.55. The van der Waals surface area contributed by atoms with Crippen molar-refractivity contribution < 1.29 is 17.6 Å². The molecule has 0 saturated heterocycles. The molecule has 2 N–H and O–H groups in total. The first-order valence-corrected chi connectivity index (χ1v) is 8.21. The third kappa shape index (κ3) is 3.74. The number of benzene rings is 1. The predicted octanol–water partition coefficient (Wildman–Crippen LogP) is 2.00. The number of nitriles is 1. The Morgan fingerprint density at radius 1 is 1.43 bits per heavy atom. The molecule has 1 heterocycles. The average molecular weight is 308 g/mol. The molecule has 0 saturated carbocycles. The van der Waals surface area contributed by atoms with Crippen LogP contribution in [-0.2, 0) is 10.0 Å². The highest BCUT2D eigenvalue weighted by molar-refractivity contribution is 7.89. The summed E-state index contributed by atoms with van der Waals surface area (Å²) in [6.07, 6.45) is 0.605. The van der Waals surface area contributed by atoms with Gasteiger partial charge in [0.25, 0.3) is 0 Å². The molecule has 0 aliphatic carbocycles. The van der Waals surface area contributed by atoms with Gasteiger partial charge in [-0.25, -0.2) is 13.6 Å². The number of sulfonamides is 1. The SMILES string of the molecule is CCC(COc1c(C#N)oc2ccccc12)CS(N)(=O)=O. The van der Waals surface area contributed by atoms with Crippen LogP contribution in [0, 0.1) is 17.2 Å². The molecule has 0 amide bonds. The number of fused-ring (bicyclic) bond motifs is 1. The van der Waals surface area contributed by atoms with Crippen LogP contribution < -0.4 is 9.88 Å². The summed E-state index contributed by atoms with van der Waals surface area (Å²) in [7, 11) is -3.55. The van der Waals surface area contributed by atoms with E-state index in [4.69, 9.17) is 19.6 Å². The number of hydrogen-bond donors (Lipinski definition) is 1. The molecule has 1 aromatic carbocycles. The zero-order valence-corrected chi connectivity index (χ0v) is 12.4. The van der Waals surface area contributed by atoms with E-state index in [1.54, 1.807) is 18.2 Å². The van der Waals surface area contributed by atoms with Crippen molar-refractivity contribution in [1.82, 2.24) is 0 Å². The molecule has 0 bridgehead atoms. The highest BCUT2D eigenvalue weighted by Crippen LogP contribution is 2.32. The normalized spacial score (nSPS) is 13.0. The minimum absolute atomic E-state index is 0.0849. The molecule has 112 valence electrons. The van der Waals surface area contributed by atoms with Gasteiger partial charge in [-0.15, -0.1) is 0 Å². The van der Waals surface area contributed by atoms with Crippen LogP contribution in [0.15, 0.2) is 28.7 Å². The Morgan fingerprint density at radius 3 is 2.76 bits per heavy atom. The van der Waals surface area contributed by atoms with Gasteiger partial charge in [0.15, 0.2) is 5.75 Å². The molecule has 0 spiro atoms. The van der Waals surface area contributed by atoms with E-state index in [-0.39, 0.29) is 24.0 Å². The third-order valence-corrected chi connectivity index (χ3v) is 4.10. The van der Waals surface area contributed by atoms with E-state index in [0.29, 0.717) is 23.1 Å². The van der Waals surface area contributed by atoms with E-state index in [9.17, 15) is 8.42 Å². The Hall–Kier alpha value is -2.04. The summed E-state index contributed by atoms with van der Waals surface area (Å²) in [5.41, 5.74) is 0.559. The molecule has 1 aromatic heterocycles. The van der Waals surface area contributed by atoms with Crippen LogP contribution >= 0.6 is 0 Å². The summed E-state index contributed by atoms with van der Waals surface area (Å²) in [6.45, 7) is 2.02. The molecule has 1 atom stereocenters. The third-order valence-electron chi connectivity index (χ3n) is 3.16. The Morgan fingerprint density at radius 2 is 2.14 bits per heavy atom. The first-order chi connectivity index (χ1) is 9.94. The molecule has 1 unspecified atom stereocenters. The number of ether oxygens (including phenoxy) is 1. The maximum Gasteiger partial charge on any atom is 0.246 e. The lowest BCUT2D eigenvalue weighted by Gasteiger charge is -2.14. The van der Waals surface area contributed by atoms with Gasteiger partial charge in [-0.3, -0.25) is 0 Å². The largest absolute Gasteiger partial charge is 0.488 e. The molecule has 0 aliphatic rings. The molecule has 0 aliphatic heterocycles. The van der Waals surface area contributed by atoms with Crippen LogP contribution in [0.1, 0.15) is 19.1 Å². The van der Waals surface area contributed by atoms with Crippen molar-refractivity contribution in [3.8, 4) is 11.8 Å². The highest BCUT2D eigenvalue weighted by Gasteiger charge is 2.19. The lowest BCUT2D eigenvalue weighted by Crippen LogP contribution is -2.26. The maximum absolute atomic E-state index is 11.1. The fraction of sp³-hybridized carbons (Fsp3) is 0.357. The van der Waals surface area contributed by atoms with Crippen molar-refractivity contribution in [3.05, 3.63) is 30.0 Å². The maximum atomic E-state index is 11.1. The van der Waals surface area contributed by atoms with Crippen LogP contribution in [0.4, 0.5) is 0 Å². The number of rotatable bonds is 6. The van der Waals surface area contributed by atoms with Crippen LogP contribution in [-0.4, -0.2) is 20.8 Å². The molecule has 6 nitrogen and oxygen atoms in total. The van der Waals surface area contributed by atoms with Gasteiger partial charge in [0, 0.05) is 5.92 Å². The first kappa shape index (κ1) is 15.4. The Bertz CT molecular complexity index is 774. The average Bonchev–Trinajstić information content (AvgIpc) is 2.80. The first-order valence-electron chi connectivity index (χ1n) is 6.49. The lowest BCUT2D eigenvalue weighted by atomic mass is 10.1. The molecule has 0 fully saturated rings. The minimum Gasteiger partial charge on any atom is -0.488 e.